The van der Waals surface area contributed by atoms with E-state index in [0.717, 1.165) is 64.4 Å². The molecule has 34 heavy (non-hydrogen) atoms. The Hall–Kier alpha value is -0.940. The molecule has 1 N–H and O–H groups in total. The van der Waals surface area contributed by atoms with Crippen LogP contribution in [0.3, 0.4) is 0 Å². The molecule has 0 unspecified atom stereocenters. The molecule has 0 aromatic heterocycles. The highest BCUT2D eigenvalue weighted by Gasteiger charge is 2.06. The maximum absolute atomic E-state index is 11.8. The van der Waals surface area contributed by atoms with Crippen molar-refractivity contribution in [2.45, 2.75) is 142 Å². The van der Waals surface area contributed by atoms with E-state index in [4.69, 9.17) is 9.84 Å². The molecule has 5 heteroatoms. The highest BCUT2D eigenvalue weighted by atomic mass is 16.5. The monoisotopic (exact) mass is 483 g/mol. The van der Waals surface area contributed by atoms with Crippen LogP contribution in [0, 0.1) is 0 Å². The minimum Gasteiger partial charge on any atom is -0.466 e. The highest BCUT2D eigenvalue weighted by molar-refractivity contribution is 5.69. The second-order valence-electron chi connectivity index (χ2n) is 9.86. The third-order valence-electron chi connectivity index (χ3n) is 6.54. The molecular weight excluding hydrogens is 426 g/mol. The molecule has 0 atom stereocenters. The molecule has 0 heterocycles. The summed E-state index contributed by atoms with van der Waals surface area (Å²) in [7, 11) is 0. The Kier molecular flexibility index (Phi) is 27.5. The van der Waals surface area contributed by atoms with Crippen LogP contribution in [-0.4, -0.2) is 55.1 Å². The van der Waals surface area contributed by atoms with Gasteiger partial charge in [-0.3, -0.25) is 4.79 Å². The third-order valence-corrected chi connectivity index (χ3v) is 6.54. The SMILES string of the molecule is CCCCCCCCOC(=O)CCCCCCCCN(CCCCO)CCCCCCCC=O. The zero-order valence-electron chi connectivity index (χ0n) is 22.6. The lowest BCUT2D eigenvalue weighted by Gasteiger charge is -2.22. The standard InChI is InChI=1S/C29H57NO4/c1-2-3-4-5-14-21-28-34-29(33)22-15-10-6-7-11-16-23-30(25-18-20-27-32)24-17-12-8-9-13-19-26-31/h26,32H,2-25,27-28H2,1H3. The Bertz CT molecular complexity index is 430. The molecule has 0 bridgehead atoms. The summed E-state index contributed by atoms with van der Waals surface area (Å²) in [6, 6.07) is 0. The predicted molar refractivity (Wildman–Crippen MR) is 143 cm³/mol. The molecule has 0 aromatic rings. The quantitative estimate of drug-likeness (QED) is 0.0722. The first-order chi connectivity index (χ1) is 16.7. The molecule has 0 radical (unpaired) electrons. The van der Waals surface area contributed by atoms with Crippen molar-refractivity contribution < 1.29 is 19.4 Å². The fourth-order valence-corrected chi connectivity index (χ4v) is 4.33. The van der Waals surface area contributed by atoms with Gasteiger partial charge in [-0.1, -0.05) is 84.0 Å². The van der Waals surface area contributed by atoms with Crippen LogP contribution in [0.1, 0.15) is 142 Å². The van der Waals surface area contributed by atoms with Crippen LogP contribution in [-0.2, 0) is 14.3 Å². The van der Waals surface area contributed by atoms with Gasteiger partial charge in [-0.2, -0.15) is 0 Å². The summed E-state index contributed by atoms with van der Waals surface area (Å²) in [6.07, 6.45) is 24.5. The van der Waals surface area contributed by atoms with Gasteiger partial charge >= 0.3 is 5.97 Å². The zero-order chi connectivity index (χ0) is 25.0. The summed E-state index contributed by atoms with van der Waals surface area (Å²) in [4.78, 5) is 24.8. The number of hydrogen-bond donors (Lipinski definition) is 1. The van der Waals surface area contributed by atoms with Crippen molar-refractivity contribution in [3.63, 3.8) is 0 Å². The number of rotatable bonds is 28. The molecule has 0 aliphatic carbocycles. The first-order valence-corrected chi connectivity index (χ1v) is 14.7. The molecule has 0 rings (SSSR count). The lowest BCUT2D eigenvalue weighted by Crippen LogP contribution is -2.27. The molecular formula is C29H57NO4. The lowest BCUT2D eigenvalue weighted by molar-refractivity contribution is -0.143. The van der Waals surface area contributed by atoms with Gasteiger partial charge in [0.1, 0.15) is 6.29 Å². The average Bonchev–Trinajstić information content (AvgIpc) is 2.84. The number of aliphatic hydroxyl groups excluding tert-OH is 1. The van der Waals surface area contributed by atoms with Gasteiger partial charge in [0.25, 0.3) is 0 Å². The van der Waals surface area contributed by atoms with E-state index in [9.17, 15) is 9.59 Å². The van der Waals surface area contributed by atoms with E-state index in [0.29, 0.717) is 19.4 Å². The van der Waals surface area contributed by atoms with Crippen LogP contribution in [0.2, 0.25) is 0 Å². The van der Waals surface area contributed by atoms with Crippen molar-refractivity contribution in [3.8, 4) is 0 Å². The van der Waals surface area contributed by atoms with Crippen LogP contribution >= 0.6 is 0 Å². The largest absolute Gasteiger partial charge is 0.466 e. The van der Waals surface area contributed by atoms with Gasteiger partial charge in [0.05, 0.1) is 6.61 Å². The molecule has 0 amide bonds. The maximum atomic E-state index is 11.8. The third kappa shape index (κ3) is 25.7. The Balaban J connectivity index is 3.63. The summed E-state index contributed by atoms with van der Waals surface area (Å²) in [6.45, 7) is 6.51. The van der Waals surface area contributed by atoms with Gasteiger partial charge in [-0.25, -0.2) is 0 Å². The number of unbranched alkanes of at least 4 members (excludes halogenated alkanes) is 16. The second kappa shape index (κ2) is 28.3. The van der Waals surface area contributed by atoms with Crippen LogP contribution in [0.5, 0.6) is 0 Å². The number of ether oxygens (including phenoxy) is 1. The van der Waals surface area contributed by atoms with Crippen LogP contribution in [0.15, 0.2) is 0 Å². The summed E-state index contributed by atoms with van der Waals surface area (Å²) >= 11 is 0. The number of aldehydes is 1. The molecule has 0 saturated carbocycles. The van der Waals surface area contributed by atoms with E-state index >= 15 is 0 Å². The number of carbonyl (C=O) groups excluding carboxylic acids is 2. The molecule has 5 nitrogen and oxygen atoms in total. The fraction of sp³-hybridized carbons (Fsp3) is 0.931. The van der Waals surface area contributed by atoms with E-state index in [2.05, 4.69) is 11.8 Å². The minimum absolute atomic E-state index is 0.0178. The summed E-state index contributed by atoms with van der Waals surface area (Å²) in [5, 5.41) is 9.07. The number of carbonyl (C=O) groups is 2. The first-order valence-electron chi connectivity index (χ1n) is 14.7. The van der Waals surface area contributed by atoms with E-state index < -0.39 is 0 Å². The van der Waals surface area contributed by atoms with Gasteiger partial charge < -0.3 is 19.5 Å². The number of aliphatic hydroxyl groups is 1. The molecule has 0 spiro atoms. The van der Waals surface area contributed by atoms with Gasteiger partial charge in [0, 0.05) is 19.4 Å². The van der Waals surface area contributed by atoms with Crippen molar-refractivity contribution >= 4 is 12.3 Å². The fourth-order valence-electron chi connectivity index (χ4n) is 4.33. The minimum atomic E-state index is -0.0178. The van der Waals surface area contributed by atoms with E-state index in [-0.39, 0.29) is 12.6 Å². The van der Waals surface area contributed by atoms with Gasteiger partial charge in [-0.05, 0) is 64.6 Å². The molecule has 0 saturated heterocycles. The van der Waals surface area contributed by atoms with Crippen LogP contribution in [0.4, 0.5) is 0 Å². The van der Waals surface area contributed by atoms with Gasteiger partial charge in [-0.15, -0.1) is 0 Å². The van der Waals surface area contributed by atoms with E-state index in [1.807, 2.05) is 0 Å². The topological polar surface area (TPSA) is 66.8 Å². The number of hydrogen-bond acceptors (Lipinski definition) is 5. The summed E-state index contributed by atoms with van der Waals surface area (Å²) in [5.74, 6) is -0.0178. The molecule has 0 aliphatic rings. The number of nitrogens with zero attached hydrogens (tertiary/aromatic N) is 1. The van der Waals surface area contributed by atoms with Gasteiger partial charge in [0.2, 0.25) is 0 Å². The first kappa shape index (κ1) is 33.1. The van der Waals surface area contributed by atoms with Crippen molar-refractivity contribution in [1.82, 2.24) is 4.90 Å². The zero-order valence-corrected chi connectivity index (χ0v) is 22.6. The Labute approximate surface area is 211 Å². The Morgan fingerprint density at radius 1 is 0.676 bits per heavy atom. The predicted octanol–water partition coefficient (Wildman–Crippen LogP) is 7.23. The van der Waals surface area contributed by atoms with Crippen molar-refractivity contribution in [2.75, 3.05) is 32.8 Å². The van der Waals surface area contributed by atoms with Crippen molar-refractivity contribution in [3.05, 3.63) is 0 Å². The molecule has 0 fully saturated rings. The maximum Gasteiger partial charge on any atom is 0.305 e. The van der Waals surface area contributed by atoms with Crippen molar-refractivity contribution in [1.29, 1.82) is 0 Å². The molecule has 202 valence electrons. The van der Waals surface area contributed by atoms with E-state index in [1.54, 1.807) is 0 Å². The summed E-state index contributed by atoms with van der Waals surface area (Å²) < 4.78 is 5.35. The van der Waals surface area contributed by atoms with Crippen LogP contribution < -0.4 is 0 Å². The summed E-state index contributed by atoms with van der Waals surface area (Å²) in [5.41, 5.74) is 0. The second-order valence-corrected chi connectivity index (χ2v) is 9.86. The highest BCUT2D eigenvalue weighted by Crippen LogP contribution is 2.11. The van der Waals surface area contributed by atoms with Gasteiger partial charge in [0.15, 0.2) is 0 Å². The van der Waals surface area contributed by atoms with E-state index in [1.165, 1.54) is 83.5 Å². The Morgan fingerprint density at radius 3 is 1.76 bits per heavy atom. The van der Waals surface area contributed by atoms with Crippen molar-refractivity contribution in [2.24, 2.45) is 0 Å². The molecule has 0 aromatic carbocycles. The smallest absolute Gasteiger partial charge is 0.305 e. The average molecular weight is 484 g/mol. The molecule has 0 aliphatic heterocycles. The lowest BCUT2D eigenvalue weighted by atomic mass is 10.1. The van der Waals surface area contributed by atoms with Crippen LogP contribution in [0.25, 0.3) is 0 Å². The normalized spacial score (nSPS) is 11.3. The number of esters is 1. The Morgan fingerprint density at radius 2 is 1.18 bits per heavy atom.